The van der Waals surface area contributed by atoms with Crippen LogP contribution >= 0.6 is 12.4 Å². The maximum Gasteiger partial charge on any atom is 0.316 e. The number of hydrogen-bond acceptors (Lipinski definition) is 3. The Bertz CT molecular complexity index is 441. The first-order valence-electron chi connectivity index (χ1n) is 5.30. The van der Waals surface area contributed by atoms with Crippen LogP contribution in [0.25, 0.3) is 0 Å². The summed E-state index contributed by atoms with van der Waals surface area (Å²) < 4.78 is 32.0. The van der Waals surface area contributed by atoms with Gasteiger partial charge in [0.05, 0.1) is 7.11 Å². The Balaban J connectivity index is 0.00000162. The third-order valence-electron chi connectivity index (χ3n) is 3.24. The van der Waals surface area contributed by atoms with Gasteiger partial charge in [-0.05, 0) is 25.0 Å². The molecule has 2 N–H and O–H groups in total. The van der Waals surface area contributed by atoms with Crippen LogP contribution in [0.2, 0.25) is 0 Å². The molecular weight excluding hydrogens is 264 g/mol. The number of esters is 1. The van der Waals surface area contributed by atoms with Crippen molar-refractivity contribution in [1.29, 1.82) is 0 Å². The Kier molecular flexibility index (Phi) is 4.29. The van der Waals surface area contributed by atoms with E-state index >= 15 is 0 Å². The number of hydrogen-bond donors (Lipinski definition) is 1. The minimum atomic E-state index is -1.26. The number of carbonyl (C=O) groups is 1. The topological polar surface area (TPSA) is 52.3 Å². The highest BCUT2D eigenvalue weighted by atomic mass is 35.5. The first-order valence-corrected chi connectivity index (χ1v) is 5.30. The number of rotatable bonds is 2. The average Bonchev–Trinajstić information content (AvgIpc) is 2.24. The summed E-state index contributed by atoms with van der Waals surface area (Å²) in [6.45, 7) is 0. The molecular formula is C12H14ClF2NO2. The molecule has 2 rings (SSSR count). The summed E-state index contributed by atoms with van der Waals surface area (Å²) in [6, 6.07) is 3.30. The fourth-order valence-electron chi connectivity index (χ4n) is 2.46. The molecule has 0 heterocycles. The zero-order chi connectivity index (χ0) is 12.6. The van der Waals surface area contributed by atoms with E-state index in [9.17, 15) is 13.6 Å². The molecule has 1 aromatic carbocycles. The minimum absolute atomic E-state index is 0. The monoisotopic (exact) mass is 277 g/mol. The largest absolute Gasteiger partial charge is 0.468 e. The Morgan fingerprint density at radius 1 is 1.39 bits per heavy atom. The molecule has 6 heteroatoms. The molecule has 1 aromatic rings. The van der Waals surface area contributed by atoms with Crippen LogP contribution in [0.15, 0.2) is 18.2 Å². The van der Waals surface area contributed by atoms with Crippen molar-refractivity contribution in [3.05, 3.63) is 35.4 Å². The molecule has 0 bridgehead atoms. The number of benzene rings is 1. The van der Waals surface area contributed by atoms with E-state index in [0.717, 1.165) is 12.1 Å². The van der Waals surface area contributed by atoms with E-state index in [1.54, 1.807) is 0 Å². The molecule has 3 nitrogen and oxygen atoms in total. The normalized spacial score (nSPS) is 25.9. The predicted molar refractivity (Wildman–Crippen MR) is 64.5 cm³/mol. The Morgan fingerprint density at radius 2 is 1.89 bits per heavy atom. The van der Waals surface area contributed by atoms with Crippen LogP contribution in [0.1, 0.15) is 18.4 Å². The van der Waals surface area contributed by atoms with Gasteiger partial charge in [0.25, 0.3) is 0 Å². The van der Waals surface area contributed by atoms with Crippen molar-refractivity contribution >= 4 is 18.4 Å². The molecule has 0 unspecified atom stereocenters. The number of carbonyl (C=O) groups excluding carboxylic acids is 1. The smallest absolute Gasteiger partial charge is 0.316 e. The van der Waals surface area contributed by atoms with E-state index in [1.807, 2.05) is 0 Å². The van der Waals surface area contributed by atoms with Crippen molar-refractivity contribution in [2.24, 2.45) is 5.73 Å². The standard InChI is InChI=1S/C12H13F2NO2.ClH/c1-17-11(16)12(5-7(15)6-12)10-8(13)3-2-4-9(10)14;/h2-4,7H,5-6,15H2,1H3;1H. The number of halogens is 3. The van der Waals surface area contributed by atoms with Crippen LogP contribution in [0.3, 0.4) is 0 Å². The van der Waals surface area contributed by atoms with Crippen molar-refractivity contribution in [2.45, 2.75) is 24.3 Å². The molecule has 0 amide bonds. The average molecular weight is 278 g/mol. The minimum Gasteiger partial charge on any atom is -0.468 e. The summed E-state index contributed by atoms with van der Waals surface area (Å²) in [5.74, 6) is -2.10. The summed E-state index contributed by atoms with van der Waals surface area (Å²) in [7, 11) is 1.20. The second-order valence-electron chi connectivity index (χ2n) is 4.34. The fraction of sp³-hybridized carbons (Fsp3) is 0.417. The maximum atomic E-state index is 13.7. The van der Waals surface area contributed by atoms with Gasteiger partial charge in [-0.25, -0.2) is 8.78 Å². The quantitative estimate of drug-likeness (QED) is 0.840. The molecule has 0 atom stereocenters. The zero-order valence-electron chi connectivity index (χ0n) is 9.78. The zero-order valence-corrected chi connectivity index (χ0v) is 10.6. The van der Waals surface area contributed by atoms with Gasteiger partial charge in [-0.15, -0.1) is 12.4 Å². The number of ether oxygens (including phenoxy) is 1. The van der Waals surface area contributed by atoms with Crippen LogP contribution in [0, 0.1) is 11.6 Å². The van der Waals surface area contributed by atoms with Crippen molar-refractivity contribution in [3.63, 3.8) is 0 Å². The van der Waals surface area contributed by atoms with Gasteiger partial charge in [-0.1, -0.05) is 6.07 Å². The van der Waals surface area contributed by atoms with Crippen molar-refractivity contribution in [2.75, 3.05) is 7.11 Å². The Morgan fingerprint density at radius 3 is 2.28 bits per heavy atom. The van der Waals surface area contributed by atoms with Crippen LogP contribution < -0.4 is 5.73 Å². The van der Waals surface area contributed by atoms with E-state index in [-0.39, 0.29) is 36.9 Å². The fourth-order valence-corrected chi connectivity index (χ4v) is 2.46. The maximum absolute atomic E-state index is 13.7. The van der Waals surface area contributed by atoms with Gasteiger partial charge < -0.3 is 10.5 Å². The lowest BCUT2D eigenvalue weighted by Crippen LogP contribution is -2.55. The highest BCUT2D eigenvalue weighted by Crippen LogP contribution is 2.45. The highest BCUT2D eigenvalue weighted by molar-refractivity contribution is 5.85. The summed E-state index contributed by atoms with van der Waals surface area (Å²) in [5.41, 5.74) is 4.14. The van der Waals surface area contributed by atoms with Gasteiger partial charge in [-0.3, -0.25) is 4.79 Å². The number of methoxy groups -OCH3 is 1. The van der Waals surface area contributed by atoms with Crippen molar-refractivity contribution in [3.8, 4) is 0 Å². The first kappa shape index (κ1) is 14.9. The van der Waals surface area contributed by atoms with Gasteiger partial charge in [0, 0.05) is 11.6 Å². The SMILES string of the molecule is COC(=O)C1(c2c(F)cccc2F)CC(N)C1.Cl. The molecule has 0 radical (unpaired) electrons. The lowest BCUT2D eigenvalue weighted by Gasteiger charge is -2.43. The van der Waals surface area contributed by atoms with Gasteiger partial charge in [0.1, 0.15) is 17.0 Å². The number of nitrogens with two attached hydrogens (primary N) is 1. The van der Waals surface area contributed by atoms with Gasteiger partial charge in [0.2, 0.25) is 0 Å². The van der Waals surface area contributed by atoms with Crippen LogP contribution in [0.4, 0.5) is 8.78 Å². The van der Waals surface area contributed by atoms with E-state index < -0.39 is 23.0 Å². The molecule has 0 saturated heterocycles. The summed E-state index contributed by atoms with van der Waals surface area (Å²) in [6.07, 6.45) is 0.412. The first-order chi connectivity index (χ1) is 8.01. The third kappa shape index (κ3) is 2.08. The third-order valence-corrected chi connectivity index (χ3v) is 3.24. The van der Waals surface area contributed by atoms with E-state index in [0.29, 0.717) is 0 Å². The van der Waals surface area contributed by atoms with Crippen LogP contribution in [-0.2, 0) is 14.9 Å². The highest BCUT2D eigenvalue weighted by Gasteiger charge is 2.53. The predicted octanol–water partition coefficient (Wildman–Crippen LogP) is 1.92. The van der Waals surface area contributed by atoms with E-state index in [4.69, 9.17) is 5.73 Å². The molecule has 1 aliphatic rings. The second-order valence-corrected chi connectivity index (χ2v) is 4.34. The second kappa shape index (κ2) is 5.20. The van der Waals surface area contributed by atoms with Gasteiger partial charge >= 0.3 is 5.97 Å². The van der Waals surface area contributed by atoms with Gasteiger partial charge in [-0.2, -0.15) is 0 Å². The summed E-state index contributed by atoms with van der Waals surface area (Å²) in [4.78, 5) is 11.8. The Labute approximate surface area is 110 Å². The molecule has 1 aliphatic carbocycles. The molecule has 0 aromatic heterocycles. The molecule has 100 valence electrons. The van der Waals surface area contributed by atoms with Crippen molar-refractivity contribution in [1.82, 2.24) is 0 Å². The summed E-state index contributed by atoms with van der Waals surface area (Å²) >= 11 is 0. The molecule has 1 fully saturated rings. The molecule has 1 saturated carbocycles. The van der Waals surface area contributed by atoms with E-state index in [2.05, 4.69) is 4.74 Å². The van der Waals surface area contributed by atoms with Crippen molar-refractivity contribution < 1.29 is 18.3 Å². The van der Waals surface area contributed by atoms with Gasteiger partial charge in [0.15, 0.2) is 0 Å². The molecule has 0 spiro atoms. The molecule has 18 heavy (non-hydrogen) atoms. The Hall–Kier alpha value is -1.20. The lowest BCUT2D eigenvalue weighted by molar-refractivity contribution is -0.152. The molecule has 0 aliphatic heterocycles. The van der Waals surface area contributed by atoms with Crippen LogP contribution in [0.5, 0.6) is 0 Å². The van der Waals surface area contributed by atoms with E-state index in [1.165, 1.54) is 13.2 Å². The summed E-state index contributed by atoms with van der Waals surface area (Å²) in [5, 5.41) is 0. The van der Waals surface area contributed by atoms with Crippen LogP contribution in [-0.4, -0.2) is 19.1 Å². The lowest BCUT2D eigenvalue weighted by atomic mass is 9.61.